The lowest BCUT2D eigenvalue weighted by atomic mass is 9.91. The number of carbonyl (C=O) groups is 12. The maximum atomic E-state index is 15.2. The maximum absolute atomic E-state index is 15.2. The van der Waals surface area contributed by atoms with Gasteiger partial charge in [-0.15, -0.1) is 0 Å². The van der Waals surface area contributed by atoms with Gasteiger partial charge in [0.15, 0.2) is 0 Å². The first kappa shape index (κ1) is 83.3. The van der Waals surface area contributed by atoms with Gasteiger partial charge in [-0.05, 0) is 108 Å². The van der Waals surface area contributed by atoms with Crippen molar-refractivity contribution in [2.45, 2.75) is 230 Å². The Balaban J connectivity index is 7.17. The van der Waals surface area contributed by atoms with E-state index in [-0.39, 0.29) is 61.2 Å². The number of ether oxygens (including phenoxy) is 2. The largest absolute Gasteiger partial charge is 0.468 e. The molecule has 0 saturated carbocycles. The predicted molar refractivity (Wildman–Crippen MR) is 346 cm³/mol. The number of hydrogen-bond acceptors (Lipinski definition) is 15. The summed E-state index contributed by atoms with van der Waals surface area (Å²) in [4.78, 5) is 176. The molecule has 0 rings (SSSR count). The molecule has 10 amide bonds. The van der Waals surface area contributed by atoms with Gasteiger partial charge in [-0.3, -0.25) is 57.5 Å². The van der Waals surface area contributed by atoms with Gasteiger partial charge < -0.3 is 65.5 Å². The van der Waals surface area contributed by atoms with Gasteiger partial charge in [-0.1, -0.05) is 109 Å². The van der Waals surface area contributed by atoms with Crippen LogP contribution in [-0.4, -0.2) is 230 Å². The Bertz CT molecular complexity index is 2430. The van der Waals surface area contributed by atoms with Crippen LogP contribution in [0.25, 0.3) is 0 Å². The molecule has 0 fully saturated rings. The minimum absolute atomic E-state index is 0.0684. The van der Waals surface area contributed by atoms with Gasteiger partial charge >= 0.3 is 11.9 Å². The third-order valence-corrected chi connectivity index (χ3v) is 16.1. The van der Waals surface area contributed by atoms with E-state index in [0.29, 0.717) is 12.8 Å². The third-order valence-electron chi connectivity index (χ3n) is 16.1. The van der Waals surface area contributed by atoms with Gasteiger partial charge in [-0.2, -0.15) is 0 Å². The number of hydrogen-bond donors (Lipinski definition) is 5. The number of nitrogens with one attached hydrogen (secondary N) is 5. The van der Waals surface area contributed by atoms with E-state index in [1.807, 2.05) is 61.5 Å². The molecule has 0 saturated heterocycles. The minimum Gasteiger partial charge on any atom is -0.468 e. The van der Waals surface area contributed by atoms with Crippen molar-refractivity contribution in [3.05, 3.63) is 12.2 Å². The molecule has 0 aromatic rings. The molecular weight excluding hydrogens is 1160 g/mol. The highest BCUT2D eigenvalue weighted by Crippen LogP contribution is 2.27. The number of methoxy groups -OCH3 is 1. The summed E-state index contributed by atoms with van der Waals surface area (Å²) in [6.45, 7) is 31.1. The summed E-state index contributed by atoms with van der Waals surface area (Å²) in [6, 6.07) is -11.4. The lowest BCUT2D eigenvalue weighted by molar-refractivity contribution is -0.164. The molecule has 25 nitrogen and oxygen atoms in total. The molecule has 0 radical (unpaired) electrons. The summed E-state index contributed by atoms with van der Waals surface area (Å²) in [7, 11) is 11.4. The summed E-state index contributed by atoms with van der Waals surface area (Å²) < 4.78 is 10.6. The molecule has 5 N–H and O–H groups in total. The van der Waals surface area contributed by atoms with Crippen molar-refractivity contribution in [3.63, 3.8) is 0 Å². The standard InChI is InChI=1S/C65H117N11O14/c1-27-29-30-42(15)55(90-45(18)77)54(59(82)69-46(28-2)61(84)71(20)35-51(78)89-26)76(25)65(88)53(41(13)14)75(24)63(86)50(34-39(9)10)74(23)62(85)49(33-38(7)8)73(22)60(83)44(17)68-56(79)43(16)67-58(81)48(32-37(5)6)72(21)64(87)52(40(11)12)70-57(80)47(66-19)31-36(3)4/h27,29,36-44,46-50,52-55,66H,28,30-35H2,1-26H3,(H,67,81)(H,68,79)(H,69,82)(H,70,80)/b29-27-/t42-,43+,44-,46+,47+,48-,49+,50-,52-,53+,54+,55+/m0/s1. The molecule has 0 bridgehead atoms. The van der Waals surface area contributed by atoms with E-state index in [1.165, 1.54) is 89.8 Å². The average Bonchev–Trinajstić information content (AvgIpc) is 0.992. The second-order valence-electron chi connectivity index (χ2n) is 26.6. The van der Waals surface area contributed by atoms with E-state index < -0.39 is 150 Å². The summed E-state index contributed by atoms with van der Waals surface area (Å²) >= 11 is 0. The van der Waals surface area contributed by atoms with Crippen LogP contribution in [0.3, 0.4) is 0 Å². The van der Waals surface area contributed by atoms with Gasteiger partial charge in [-0.25, -0.2) is 0 Å². The van der Waals surface area contributed by atoms with Crippen LogP contribution < -0.4 is 26.6 Å². The summed E-state index contributed by atoms with van der Waals surface area (Å²) in [5.41, 5.74) is 0. The van der Waals surface area contributed by atoms with Gasteiger partial charge in [0.1, 0.15) is 67.0 Å². The van der Waals surface area contributed by atoms with Crippen molar-refractivity contribution >= 4 is 71.0 Å². The first-order chi connectivity index (χ1) is 41.6. The highest BCUT2D eigenvalue weighted by atomic mass is 16.5. The highest BCUT2D eigenvalue weighted by Gasteiger charge is 2.46. The van der Waals surface area contributed by atoms with Gasteiger partial charge in [0.2, 0.25) is 59.1 Å². The molecule has 0 spiro atoms. The lowest BCUT2D eigenvalue weighted by Gasteiger charge is -2.42. The topological polar surface area (TPSA) is 303 Å². The van der Waals surface area contributed by atoms with Crippen LogP contribution in [-0.2, 0) is 67.0 Å². The van der Waals surface area contributed by atoms with Crippen molar-refractivity contribution in [2.24, 2.45) is 41.4 Å². The van der Waals surface area contributed by atoms with Crippen LogP contribution in [0.2, 0.25) is 0 Å². The molecule has 0 aliphatic rings. The molecule has 0 aliphatic carbocycles. The Kier molecular flexibility index (Phi) is 36.6. The zero-order valence-corrected chi connectivity index (χ0v) is 59.4. The van der Waals surface area contributed by atoms with Crippen molar-refractivity contribution in [1.29, 1.82) is 0 Å². The fourth-order valence-electron chi connectivity index (χ4n) is 10.7. The molecule has 0 aliphatic heterocycles. The number of nitrogens with zero attached hydrogens (tertiary/aromatic N) is 6. The first-order valence-electron chi connectivity index (χ1n) is 31.9. The Labute approximate surface area is 538 Å². The number of allylic oxidation sites excluding steroid dienone is 2. The van der Waals surface area contributed by atoms with E-state index in [2.05, 4.69) is 26.6 Å². The molecule has 12 atom stereocenters. The number of rotatable bonds is 38. The zero-order chi connectivity index (χ0) is 70.1. The summed E-state index contributed by atoms with van der Waals surface area (Å²) in [6.07, 6.45) is 3.74. The van der Waals surface area contributed by atoms with Gasteiger partial charge in [0.05, 0.1) is 13.2 Å². The van der Waals surface area contributed by atoms with Crippen LogP contribution in [0.4, 0.5) is 0 Å². The molecule has 25 heteroatoms. The molecule has 0 aromatic heterocycles. The van der Waals surface area contributed by atoms with Crippen molar-refractivity contribution < 1.29 is 67.0 Å². The van der Waals surface area contributed by atoms with E-state index in [9.17, 15) is 43.2 Å². The van der Waals surface area contributed by atoms with Gasteiger partial charge in [0.25, 0.3) is 0 Å². The quantitative estimate of drug-likeness (QED) is 0.0434. The van der Waals surface area contributed by atoms with Gasteiger partial charge in [0, 0.05) is 49.2 Å². The van der Waals surface area contributed by atoms with Crippen LogP contribution in [0.5, 0.6) is 0 Å². The first-order valence-corrected chi connectivity index (χ1v) is 31.9. The molecule has 90 heavy (non-hydrogen) atoms. The lowest BCUT2D eigenvalue weighted by Crippen LogP contribution is -2.64. The second kappa shape index (κ2) is 39.6. The summed E-state index contributed by atoms with van der Waals surface area (Å²) in [5, 5.41) is 14.0. The normalized spacial score (nSPS) is 15.7. The van der Waals surface area contributed by atoms with Crippen molar-refractivity contribution in [2.75, 3.05) is 63.0 Å². The van der Waals surface area contributed by atoms with E-state index >= 15 is 14.4 Å². The van der Waals surface area contributed by atoms with E-state index in [0.717, 1.165) is 9.80 Å². The Morgan fingerprint density at radius 1 is 0.467 bits per heavy atom. The van der Waals surface area contributed by atoms with Crippen LogP contribution in [0.1, 0.15) is 163 Å². The highest BCUT2D eigenvalue weighted by molar-refractivity contribution is 5.99. The average molecular weight is 1280 g/mol. The number of amides is 10. The monoisotopic (exact) mass is 1280 g/mol. The Morgan fingerprint density at radius 3 is 1.36 bits per heavy atom. The van der Waals surface area contributed by atoms with E-state index in [1.54, 1.807) is 61.6 Å². The molecular formula is C65H117N11O14. The third kappa shape index (κ3) is 25.6. The van der Waals surface area contributed by atoms with Crippen LogP contribution in [0, 0.1) is 41.4 Å². The molecule has 0 aromatic carbocycles. The smallest absolute Gasteiger partial charge is 0.325 e. The zero-order valence-electron chi connectivity index (χ0n) is 59.4. The number of esters is 2. The van der Waals surface area contributed by atoms with Crippen molar-refractivity contribution in [1.82, 2.24) is 56.0 Å². The minimum atomic E-state index is -1.56. The Morgan fingerprint density at radius 2 is 0.922 bits per heavy atom. The molecule has 0 heterocycles. The Hall–Kier alpha value is -6.66. The van der Waals surface area contributed by atoms with Crippen molar-refractivity contribution in [3.8, 4) is 0 Å². The fourth-order valence-corrected chi connectivity index (χ4v) is 10.7. The molecule has 0 unspecified atom stereocenters. The number of carbonyl (C=O) groups excluding carboxylic acids is 12. The van der Waals surface area contributed by atoms with Crippen LogP contribution >= 0.6 is 0 Å². The predicted octanol–water partition coefficient (Wildman–Crippen LogP) is 3.76. The van der Waals surface area contributed by atoms with Crippen LogP contribution in [0.15, 0.2) is 12.2 Å². The second-order valence-corrected chi connectivity index (χ2v) is 26.6. The fraction of sp³-hybridized carbons (Fsp3) is 0.785. The maximum Gasteiger partial charge on any atom is 0.325 e. The molecule has 516 valence electrons. The SMILES string of the molecule is C/C=C\C[C@H](C)[C@@H](OC(C)=O)[C@H](C(=O)N[C@H](CC)C(=O)N(C)CC(=O)OC)N(C)C(=O)[C@@H](C(C)C)N(C)C(=O)[C@H](CC(C)C)N(C)C(=O)[C@@H](CC(C)C)N(C)C(=O)[C@H](C)NC(=O)[C@@H](C)NC(=O)[C@H](CC(C)C)N(C)C(=O)[C@@H](NC(=O)[C@@H](CC(C)C)NC)C(C)C. The van der Waals surface area contributed by atoms with E-state index in [4.69, 9.17) is 9.47 Å². The summed E-state index contributed by atoms with van der Waals surface area (Å²) in [5.74, 6) is -9.41. The number of likely N-dealkylation sites (N-methyl/N-ethyl adjacent to an activating group) is 7.